The Hall–Kier alpha value is -1.51. The lowest BCUT2D eigenvalue weighted by molar-refractivity contribution is -0.135. The summed E-state index contributed by atoms with van der Waals surface area (Å²) < 4.78 is 27.3. The molecule has 0 saturated carbocycles. The fraction of sp³-hybridized carbons (Fsp3) is 0.133. The Morgan fingerprint density at radius 2 is 1.70 bits per heavy atom. The number of aliphatic carboxylic acids is 1. The van der Waals surface area contributed by atoms with Crippen LogP contribution in [0.3, 0.4) is 0 Å². The SMILES string of the molecule is CSc1ccc(S(=O)(=O)N(CC(=O)O)c2ccc(Br)cc2)cc1. The highest BCUT2D eigenvalue weighted by Crippen LogP contribution is 2.26. The normalized spacial score (nSPS) is 11.2. The van der Waals surface area contributed by atoms with Crippen molar-refractivity contribution in [1.82, 2.24) is 0 Å². The first-order chi connectivity index (χ1) is 10.8. The predicted molar refractivity (Wildman–Crippen MR) is 94.5 cm³/mol. The van der Waals surface area contributed by atoms with E-state index in [9.17, 15) is 13.2 Å². The second kappa shape index (κ2) is 7.37. The van der Waals surface area contributed by atoms with E-state index in [1.807, 2.05) is 6.26 Å². The predicted octanol–water partition coefficient (Wildman–Crippen LogP) is 3.45. The average molecular weight is 416 g/mol. The molecule has 8 heteroatoms. The first-order valence-electron chi connectivity index (χ1n) is 6.49. The standard InChI is InChI=1S/C15H14BrNO4S2/c1-22-13-6-8-14(9-7-13)23(20,21)17(10-15(18)19)12-4-2-11(16)3-5-12/h2-9H,10H2,1H3,(H,18,19). The van der Waals surface area contributed by atoms with Gasteiger partial charge in [0.1, 0.15) is 6.54 Å². The largest absolute Gasteiger partial charge is 0.480 e. The second-order valence-electron chi connectivity index (χ2n) is 4.56. The molecule has 0 spiro atoms. The molecule has 0 aliphatic rings. The number of benzene rings is 2. The van der Waals surface area contributed by atoms with Gasteiger partial charge in [-0.25, -0.2) is 8.42 Å². The van der Waals surface area contributed by atoms with E-state index in [1.54, 1.807) is 36.4 Å². The summed E-state index contributed by atoms with van der Waals surface area (Å²) in [6.07, 6.45) is 1.89. The third-order valence-corrected chi connectivity index (χ3v) is 6.10. The second-order valence-corrected chi connectivity index (χ2v) is 8.22. The molecular formula is C15H14BrNO4S2. The molecule has 0 fully saturated rings. The van der Waals surface area contributed by atoms with Crippen LogP contribution in [-0.2, 0) is 14.8 Å². The fourth-order valence-corrected chi connectivity index (χ4v) is 4.01. The summed E-state index contributed by atoms with van der Waals surface area (Å²) in [4.78, 5) is 12.1. The van der Waals surface area contributed by atoms with E-state index in [1.165, 1.54) is 23.9 Å². The van der Waals surface area contributed by atoms with Gasteiger partial charge in [0, 0.05) is 9.37 Å². The van der Waals surface area contributed by atoms with Crippen LogP contribution in [0.4, 0.5) is 5.69 Å². The molecule has 0 bridgehead atoms. The van der Waals surface area contributed by atoms with Crippen molar-refractivity contribution >= 4 is 49.4 Å². The smallest absolute Gasteiger partial charge is 0.324 e. The number of carboxylic acids is 1. The van der Waals surface area contributed by atoms with E-state index in [2.05, 4.69) is 15.9 Å². The van der Waals surface area contributed by atoms with Gasteiger partial charge in [0.25, 0.3) is 10.0 Å². The van der Waals surface area contributed by atoms with Crippen LogP contribution in [0.15, 0.2) is 62.8 Å². The highest BCUT2D eigenvalue weighted by Gasteiger charge is 2.27. The number of sulfonamides is 1. The van der Waals surface area contributed by atoms with Gasteiger partial charge in [-0.3, -0.25) is 9.10 Å². The average Bonchev–Trinajstić information content (AvgIpc) is 2.53. The zero-order valence-corrected chi connectivity index (χ0v) is 15.4. The number of carbonyl (C=O) groups is 1. The van der Waals surface area contributed by atoms with Crippen LogP contribution in [0, 0.1) is 0 Å². The van der Waals surface area contributed by atoms with E-state index in [0.717, 1.165) is 13.7 Å². The molecule has 0 saturated heterocycles. The Morgan fingerprint density at radius 1 is 1.13 bits per heavy atom. The summed E-state index contributed by atoms with van der Waals surface area (Å²) >= 11 is 4.77. The maximum Gasteiger partial charge on any atom is 0.324 e. The summed E-state index contributed by atoms with van der Waals surface area (Å²) in [5, 5.41) is 9.07. The maximum atomic E-state index is 12.8. The van der Waals surface area contributed by atoms with Gasteiger partial charge in [-0.2, -0.15) is 0 Å². The fourth-order valence-electron chi connectivity index (χ4n) is 1.92. The zero-order chi connectivity index (χ0) is 17.0. The Balaban J connectivity index is 2.47. The monoisotopic (exact) mass is 415 g/mol. The van der Waals surface area contributed by atoms with Crippen molar-refractivity contribution in [2.45, 2.75) is 9.79 Å². The molecule has 0 aliphatic carbocycles. The molecule has 2 aromatic rings. The van der Waals surface area contributed by atoms with E-state index in [-0.39, 0.29) is 4.90 Å². The minimum absolute atomic E-state index is 0.0551. The van der Waals surface area contributed by atoms with Gasteiger partial charge >= 0.3 is 5.97 Å². The zero-order valence-electron chi connectivity index (χ0n) is 12.1. The van der Waals surface area contributed by atoms with Gasteiger partial charge in [0.15, 0.2) is 0 Å². The molecule has 23 heavy (non-hydrogen) atoms. The Bertz CT molecular complexity index is 789. The molecule has 2 rings (SSSR count). The number of hydrogen-bond acceptors (Lipinski definition) is 4. The lowest BCUT2D eigenvalue weighted by Gasteiger charge is -2.23. The number of nitrogens with zero attached hydrogens (tertiary/aromatic N) is 1. The topological polar surface area (TPSA) is 74.7 Å². The van der Waals surface area contributed by atoms with E-state index in [0.29, 0.717) is 5.69 Å². The van der Waals surface area contributed by atoms with Gasteiger partial charge in [-0.05, 0) is 54.8 Å². The van der Waals surface area contributed by atoms with E-state index < -0.39 is 22.5 Å². The van der Waals surface area contributed by atoms with Crippen molar-refractivity contribution < 1.29 is 18.3 Å². The Morgan fingerprint density at radius 3 is 2.17 bits per heavy atom. The summed E-state index contributed by atoms with van der Waals surface area (Å²) in [6, 6.07) is 12.8. The number of carboxylic acid groups (broad SMARTS) is 1. The van der Waals surface area contributed by atoms with Crippen molar-refractivity contribution in [2.75, 3.05) is 17.1 Å². The lowest BCUT2D eigenvalue weighted by atomic mass is 10.3. The molecule has 5 nitrogen and oxygen atoms in total. The van der Waals surface area contributed by atoms with Crippen LogP contribution in [0.1, 0.15) is 0 Å². The number of rotatable bonds is 6. The van der Waals surface area contributed by atoms with Crippen molar-refractivity contribution in [3.05, 3.63) is 53.0 Å². The van der Waals surface area contributed by atoms with Crippen molar-refractivity contribution in [3.8, 4) is 0 Å². The van der Waals surface area contributed by atoms with Crippen molar-refractivity contribution in [1.29, 1.82) is 0 Å². The third kappa shape index (κ3) is 4.27. The van der Waals surface area contributed by atoms with Gasteiger partial charge in [0.2, 0.25) is 0 Å². The van der Waals surface area contributed by atoms with Crippen molar-refractivity contribution in [3.63, 3.8) is 0 Å². The lowest BCUT2D eigenvalue weighted by Crippen LogP contribution is -2.35. The molecule has 0 unspecified atom stereocenters. The molecule has 0 amide bonds. The molecule has 122 valence electrons. The summed E-state index contributed by atoms with van der Waals surface area (Å²) in [5.41, 5.74) is 0.296. The van der Waals surface area contributed by atoms with E-state index in [4.69, 9.17) is 5.11 Å². The summed E-state index contributed by atoms with van der Waals surface area (Å²) in [5.74, 6) is -1.22. The molecule has 0 aromatic heterocycles. The van der Waals surface area contributed by atoms with Crippen LogP contribution >= 0.6 is 27.7 Å². The quantitative estimate of drug-likeness (QED) is 0.731. The number of thioether (sulfide) groups is 1. The van der Waals surface area contributed by atoms with Crippen LogP contribution in [0.2, 0.25) is 0 Å². The van der Waals surface area contributed by atoms with Crippen LogP contribution in [-0.4, -0.2) is 32.3 Å². The van der Waals surface area contributed by atoms with E-state index >= 15 is 0 Å². The number of halogens is 1. The van der Waals surface area contributed by atoms with Crippen LogP contribution < -0.4 is 4.31 Å². The van der Waals surface area contributed by atoms with Gasteiger partial charge in [0.05, 0.1) is 10.6 Å². The third-order valence-electron chi connectivity index (χ3n) is 3.04. The van der Waals surface area contributed by atoms with Gasteiger partial charge < -0.3 is 5.11 Å². The van der Waals surface area contributed by atoms with Crippen LogP contribution in [0.25, 0.3) is 0 Å². The summed E-state index contributed by atoms with van der Waals surface area (Å²) in [7, 11) is -3.96. The van der Waals surface area contributed by atoms with Gasteiger partial charge in [-0.15, -0.1) is 11.8 Å². The maximum absolute atomic E-state index is 12.8. The number of hydrogen-bond donors (Lipinski definition) is 1. The molecule has 0 heterocycles. The molecule has 2 aromatic carbocycles. The Kier molecular flexibility index (Phi) is 5.72. The molecule has 1 N–H and O–H groups in total. The first-order valence-corrected chi connectivity index (χ1v) is 9.94. The minimum Gasteiger partial charge on any atom is -0.480 e. The first kappa shape index (κ1) is 17.8. The molecule has 0 aliphatic heterocycles. The van der Waals surface area contributed by atoms with Crippen molar-refractivity contribution in [2.24, 2.45) is 0 Å². The summed E-state index contributed by atoms with van der Waals surface area (Å²) in [6.45, 7) is -0.645. The Labute approximate surface area is 147 Å². The minimum atomic E-state index is -3.96. The molecular weight excluding hydrogens is 402 g/mol. The highest BCUT2D eigenvalue weighted by molar-refractivity contribution is 9.10. The molecule has 0 atom stereocenters. The van der Waals surface area contributed by atoms with Crippen LogP contribution in [0.5, 0.6) is 0 Å². The number of anilines is 1. The molecule has 0 radical (unpaired) electrons. The van der Waals surface area contributed by atoms with Gasteiger partial charge in [-0.1, -0.05) is 15.9 Å². The highest BCUT2D eigenvalue weighted by atomic mass is 79.9.